The lowest BCUT2D eigenvalue weighted by Gasteiger charge is -2.37. The molecule has 1 aromatic heterocycles. The van der Waals surface area contributed by atoms with Gasteiger partial charge in [-0.2, -0.15) is 0 Å². The predicted molar refractivity (Wildman–Crippen MR) is 144 cm³/mol. The first kappa shape index (κ1) is 24.4. The van der Waals surface area contributed by atoms with Gasteiger partial charge in [0.15, 0.2) is 0 Å². The van der Waals surface area contributed by atoms with Crippen molar-refractivity contribution in [2.45, 2.75) is 18.9 Å². The zero-order valence-corrected chi connectivity index (χ0v) is 21.2. The van der Waals surface area contributed by atoms with Crippen LogP contribution in [0.5, 0.6) is 5.75 Å². The number of thiazole rings is 1. The average Bonchev–Trinajstić information content (AvgIpc) is 3.30. The van der Waals surface area contributed by atoms with E-state index in [1.807, 2.05) is 90.7 Å². The van der Waals surface area contributed by atoms with Gasteiger partial charge in [0, 0.05) is 32.7 Å². The monoisotopic (exact) mass is 501 g/mol. The largest absolute Gasteiger partial charge is 0.489 e. The molecule has 4 aromatic rings. The number of hydrogen-bond acceptors (Lipinski definition) is 6. The van der Waals surface area contributed by atoms with Crippen LogP contribution in [0.4, 0.5) is 0 Å². The Morgan fingerprint density at radius 1 is 0.944 bits per heavy atom. The summed E-state index contributed by atoms with van der Waals surface area (Å²) in [6.45, 7) is 5.45. The molecule has 2 heterocycles. The standard InChI is InChI=1S/C29H31N3O3S/c1-21-30-25-13-8-14-26(28(25)36-21)35-20-24(33)19-31-15-17-32(18-16-31)29(34)27(22-9-4-2-5-10-22)23-11-6-3-7-12-23/h2-14,24,27,33H,15-20H2,1H3. The molecule has 7 heteroatoms. The molecule has 0 aliphatic carbocycles. The Labute approximate surface area is 215 Å². The van der Waals surface area contributed by atoms with Crippen molar-refractivity contribution in [1.82, 2.24) is 14.8 Å². The highest BCUT2D eigenvalue weighted by molar-refractivity contribution is 7.18. The van der Waals surface area contributed by atoms with E-state index in [4.69, 9.17) is 4.74 Å². The minimum atomic E-state index is -0.613. The molecule has 1 aliphatic heterocycles. The van der Waals surface area contributed by atoms with Crippen LogP contribution in [0.15, 0.2) is 78.9 Å². The molecule has 1 aliphatic rings. The molecule has 1 atom stereocenters. The third kappa shape index (κ3) is 5.59. The fraction of sp³-hybridized carbons (Fsp3) is 0.310. The number of ether oxygens (including phenoxy) is 1. The van der Waals surface area contributed by atoms with E-state index < -0.39 is 6.10 Å². The molecule has 0 bridgehead atoms. The quantitative estimate of drug-likeness (QED) is 0.390. The van der Waals surface area contributed by atoms with Crippen LogP contribution in [0.2, 0.25) is 0 Å². The number of aryl methyl sites for hydroxylation is 1. The van der Waals surface area contributed by atoms with Gasteiger partial charge >= 0.3 is 0 Å². The molecular formula is C29H31N3O3S. The lowest BCUT2D eigenvalue weighted by atomic mass is 9.90. The summed E-state index contributed by atoms with van der Waals surface area (Å²) in [6.07, 6.45) is -0.613. The molecule has 1 saturated heterocycles. The van der Waals surface area contributed by atoms with Crippen molar-refractivity contribution < 1.29 is 14.6 Å². The van der Waals surface area contributed by atoms with Gasteiger partial charge in [-0.25, -0.2) is 4.98 Å². The molecule has 186 valence electrons. The van der Waals surface area contributed by atoms with Crippen LogP contribution in [0, 0.1) is 6.92 Å². The number of β-amino-alcohol motifs (C(OH)–C–C–N with tert-alkyl or cyclic N) is 1. The van der Waals surface area contributed by atoms with Gasteiger partial charge in [0.2, 0.25) is 5.91 Å². The van der Waals surface area contributed by atoms with E-state index in [0.29, 0.717) is 19.6 Å². The summed E-state index contributed by atoms with van der Waals surface area (Å²) >= 11 is 1.60. The number of aliphatic hydroxyl groups is 1. The normalized spacial score (nSPS) is 15.4. The van der Waals surface area contributed by atoms with Crippen LogP contribution in [-0.2, 0) is 4.79 Å². The average molecular weight is 502 g/mol. The summed E-state index contributed by atoms with van der Waals surface area (Å²) in [5.41, 5.74) is 2.94. The second kappa shape index (κ2) is 11.2. The van der Waals surface area contributed by atoms with Gasteiger partial charge in [0.25, 0.3) is 0 Å². The molecule has 1 amide bonds. The summed E-state index contributed by atoms with van der Waals surface area (Å²) < 4.78 is 6.97. The summed E-state index contributed by atoms with van der Waals surface area (Å²) in [7, 11) is 0. The van der Waals surface area contributed by atoms with Crippen molar-refractivity contribution in [3.63, 3.8) is 0 Å². The number of rotatable bonds is 8. The summed E-state index contributed by atoms with van der Waals surface area (Å²) in [4.78, 5) is 22.3. The highest BCUT2D eigenvalue weighted by atomic mass is 32.1. The van der Waals surface area contributed by atoms with Gasteiger partial charge in [-0.3, -0.25) is 9.69 Å². The van der Waals surface area contributed by atoms with Crippen LogP contribution in [-0.4, -0.2) is 71.2 Å². The number of benzene rings is 3. The second-order valence-electron chi connectivity index (χ2n) is 9.18. The Morgan fingerprint density at radius 3 is 2.22 bits per heavy atom. The number of carbonyl (C=O) groups is 1. The summed E-state index contributed by atoms with van der Waals surface area (Å²) in [5, 5.41) is 11.6. The molecule has 5 rings (SSSR count). The van der Waals surface area contributed by atoms with Crippen molar-refractivity contribution >= 4 is 27.5 Å². The van der Waals surface area contributed by atoms with E-state index in [0.717, 1.165) is 45.2 Å². The number of carbonyl (C=O) groups excluding carboxylic acids is 1. The van der Waals surface area contributed by atoms with E-state index in [-0.39, 0.29) is 18.4 Å². The molecule has 1 unspecified atom stereocenters. The number of piperazine rings is 1. The van der Waals surface area contributed by atoms with Crippen LogP contribution in [0.25, 0.3) is 10.2 Å². The van der Waals surface area contributed by atoms with Gasteiger partial charge in [0.05, 0.1) is 21.1 Å². The highest BCUT2D eigenvalue weighted by Gasteiger charge is 2.30. The second-order valence-corrected chi connectivity index (χ2v) is 10.4. The van der Waals surface area contributed by atoms with Gasteiger partial charge in [-0.1, -0.05) is 66.7 Å². The fourth-order valence-electron chi connectivity index (χ4n) is 4.79. The Hall–Kier alpha value is -3.26. The number of amides is 1. The third-order valence-electron chi connectivity index (χ3n) is 6.58. The topological polar surface area (TPSA) is 65.9 Å². The van der Waals surface area contributed by atoms with E-state index in [1.54, 1.807) is 11.3 Å². The Bertz CT molecular complexity index is 1250. The molecular weight excluding hydrogens is 470 g/mol. The van der Waals surface area contributed by atoms with E-state index in [2.05, 4.69) is 9.88 Å². The summed E-state index contributed by atoms with van der Waals surface area (Å²) in [5.74, 6) is 0.584. The maximum absolute atomic E-state index is 13.6. The third-order valence-corrected chi connectivity index (χ3v) is 7.58. The fourth-order valence-corrected chi connectivity index (χ4v) is 5.67. The minimum absolute atomic E-state index is 0.129. The Kier molecular flexibility index (Phi) is 7.60. The maximum Gasteiger partial charge on any atom is 0.234 e. The Balaban J connectivity index is 1.16. The van der Waals surface area contributed by atoms with Gasteiger partial charge < -0.3 is 14.7 Å². The minimum Gasteiger partial charge on any atom is -0.489 e. The van der Waals surface area contributed by atoms with E-state index in [9.17, 15) is 9.90 Å². The first-order valence-corrected chi connectivity index (χ1v) is 13.2. The van der Waals surface area contributed by atoms with Crippen molar-refractivity contribution in [2.24, 2.45) is 0 Å². The van der Waals surface area contributed by atoms with Crippen LogP contribution in [0.1, 0.15) is 22.1 Å². The van der Waals surface area contributed by atoms with Crippen LogP contribution >= 0.6 is 11.3 Å². The van der Waals surface area contributed by atoms with Crippen LogP contribution in [0.3, 0.4) is 0 Å². The first-order chi connectivity index (χ1) is 17.6. The Morgan fingerprint density at radius 2 is 1.58 bits per heavy atom. The van der Waals surface area contributed by atoms with Gasteiger partial charge in [-0.15, -0.1) is 11.3 Å². The lowest BCUT2D eigenvalue weighted by molar-refractivity contribution is -0.133. The zero-order valence-electron chi connectivity index (χ0n) is 20.4. The number of hydrogen-bond donors (Lipinski definition) is 1. The lowest BCUT2D eigenvalue weighted by Crippen LogP contribution is -2.52. The van der Waals surface area contributed by atoms with Crippen molar-refractivity contribution in [1.29, 1.82) is 0 Å². The van der Waals surface area contributed by atoms with E-state index >= 15 is 0 Å². The molecule has 3 aromatic carbocycles. The van der Waals surface area contributed by atoms with Crippen molar-refractivity contribution in [3.8, 4) is 5.75 Å². The molecule has 1 fully saturated rings. The van der Waals surface area contributed by atoms with E-state index in [1.165, 1.54) is 0 Å². The molecule has 0 saturated carbocycles. The molecule has 0 radical (unpaired) electrons. The number of aromatic nitrogens is 1. The molecule has 1 N–H and O–H groups in total. The summed E-state index contributed by atoms with van der Waals surface area (Å²) in [6, 6.07) is 25.8. The number of aliphatic hydroxyl groups excluding tert-OH is 1. The zero-order chi connectivity index (χ0) is 24.9. The molecule has 0 spiro atoms. The first-order valence-electron chi connectivity index (χ1n) is 12.4. The van der Waals surface area contributed by atoms with Gasteiger partial charge in [0.1, 0.15) is 18.5 Å². The van der Waals surface area contributed by atoms with Crippen molar-refractivity contribution in [3.05, 3.63) is 95.0 Å². The van der Waals surface area contributed by atoms with Crippen molar-refractivity contribution in [2.75, 3.05) is 39.3 Å². The molecule has 36 heavy (non-hydrogen) atoms. The smallest absolute Gasteiger partial charge is 0.234 e. The predicted octanol–water partition coefficient (Wildman–Crippen LogP) is 4.32. The number of fused-ring (bicyclic) bond motifs is 1. The maximum atomic E-state index is 13.6. The molecule has 6 nitrogen and oxygen atoms in total. The SMILES string of the molecule is Cc1nc2cccc(OCC(O)CN3CCN(C(=O)C(c4ccccc4)c4ccccc4)CC3)c2s1. The van der Waals surface area contributed by atoms with Crippen LogP contribution < -0.4 is 4.74 Å². The number of nitrogens with zero attached hydrogens (tertiary/aromatic N) is 3. The van der Waals surface area contributed by atoms with Gasteiger partial charge in [-0.05, 0) is 30.2 Å². The highest BCUT2D eigenvalue weighted by Crippen LogP contribution is 2.31.